The predicted octanol–water partition coefficient (Wildman–Crippen LogP) is 1.64. The van der Waals surface area contributed by atoms with Crippen molar-refractivity contribution in [1.29, 1.82) is 0 Å². The van der Waals surface area contributed by atoms with Crippen molar-refractivity contribution in [3.05, 3.63) is 0 Å². The van der Waals surface area contributed by atoms with Gasteiger partial charge in [-0.1, -0.05) is 13.3 Å². The van der Waals surface area contributed by atoms with Crippen LogP contribution in [0.25, 0.3) is 0 Å². The second-order valence-electron chi connectivity index (χ2n) is 4.88. The molecule has 1 N–H and O–H groups in total. The van der Waals surface area contributed by atoms with Crippen LogP contribution in [0.2, 0.25) is 0 Å². The first-order valence-electron chi connectivity index (χ1n) is 6.19. The molecule has 0 radical (unpaired) electrons. The van der Waals surface area contributed by atoms with E-state index in [0.29, 0.717) is 12.8 Å². The van der Waals surface area contributed by atoms with Crippen LogP contribution >= 0.6 is 0 Å². The summed E-state index contributed by atoms with van der Waals surface area (Å²) in [6.45, 7) is 2.06. The monoisotopic (exact) mass is 225 g/mol. The number of unbranched alkanes of at least 4 members (excludes halogenated alkanes) is 1. The molecule has 2 fully saturated rings. The Bertz CT molecular complexity index is 303. The van der Waals surface area contributed by atoms with Gasteiger partial charge in [0.2, 0.25) is 5.91 Å². The van der Waals surface area contributed by atoms with Crippen LogP contribution in [-0.4, -0.2) is 34.0 Å². The van der Waals surface area contributed by atoms with E-state index in [0.717, 1.165) is 25.7 Å². The highest BCUT2D eigenvalue weighted by molar-refractivity contribution is 5.80. The average Bonchev–Trinajstić information content (AvgIpc) is 2.82. The minimum Gasteiger partial charge on any atom is -0.481 e. The molecule has 0 aromatic carbocycles. The summed E-state index contributed by atoms with van der Waals surface area (Å²) < 4.78 is 0. The highest BCUT2D eigenvalue weighted by Crippen LogP contribution is 2.42. The minimum absolute atomic E-state index is 0.0214. The molecule has 0 saturated carbocycles. The van der Waals surface area contributed by atoms with E-state index in [4.69, 9.17) is 5.11 Å². The first-order valence-corrected chi connectivity index (χ1v) is 6.19. The number of carbonyl (C=O) groups excluding carboxylic acids is 1. The third-order valence-electron chi connectivity index (χ3n) is 3.89. The SMILES string of the molecule is CCCCC(=O)N1C2CCC1C(C(=O)O)C2. The molecular weight excluding hydrogens is 206 g/mol. The van der Waals surface area contributed by atoms with Gasteiger partial charge >= 0.3 is 5.97 Å². The van der Waals surface area contributed by atoms with Gasteiger partial charge < -0.3 is 10.0 Å². The Morgan fingerprint density at radius 2 is 2.12 bits per heavy atom. The fourth-order valence-electron chi connectivity index (χ4n) is 3.10. The molecule has 2 bridgehead atoms. The van der Waals surface area contributed by atoms with Gasteiger partial charge in [0.1, 0.15) is 0 Å². The zero-order chi connectivity index (χ0) is 11.7. The van der Waals surface area contributed by atoms with Gasteiger partial charge in [-0.3, -0.25) is 9.59 Å². The minimum atomic E-state index is -0.736. The van der Waals surface area contributed by atoms with Gasteiger partial charge in [0.25, 0.3) is 0 Å². The van der Waals surface area contributed by atoms with Gasteiger partial charge in [-0.05, 0) is 25.7 Å². The topological polar surface area (TPSA) is 57.6 Å². The second kappa shape index (κ2) is 4.44. The van der Waals surface area contributed by atoms with Crippen molar-refractivity contribution in [2.75, 3.05) is 0 Å². The Morgan fingerprint density at radius 1 is 1.38 bits per heavy atom. The van der Waals surface area contributed by atoms with Crippen molar-refractivity contribution in [3.63, 3.8) is 0 Å². The van der Waals surface area contributed by atoms with Gasteiger partial charge in [0.15, 0.2) is 0 Å². The van der Waals surface area contributed by atoms with E-state index in [-0.39, 0.29) is 23.9 Å². The Balaban J connectivity index is 2.01. The molecule has 16 heavy (non-hydrogen) atoms. The summed E-state index contributed by atoms with van der Waals surface area (Å²) >= 11 is 0. The molecule has 0 spiro atoms. The van der Waals surface area contributed by atoms with Crippen LogP contribution in [0, 0.1) is 5.92 Å². The first-order chi connectivity index (χ1) is 7.65. The van der Waals surface area contributed by atoms with E-state index in [1.807, 2.05) is 4.90 Å². The molecule has 2 aliphatic rings. The lowest BCUT2D eigenvalue weighted by Crippen LogP contribution is -2.37. The third-order valence-corrected chi connectivity index (χ3v) is 3.89. The fraction of sp³-hybridized carbons (Fsp3) is 0.833. The molecule has 2 rings (SSSR count). The number of fused-ring (bicyclic) bond motifs is 2. The molecule has 2 saturated heterocycles. The maximum absolute atomic E-state index is 12.0. The van der Waals surface area contributed by atoms with E-state index in [1.54, 1.807) is 0 Å². The number of hydrogen-bond acceptors (Lipinski definition) is 2. The highest BCUT2D eigenvalue weighted by atomic mass is 16.4. The number of nitrogens with zero attached hydrogens (tertiary/aromatic N) is 1. The lowest BCUT2D eigenvalue weighted by molar-refractivity contribution is -0.143. The number of aliphatic carboxylic acids is 1. The van der Waals surface area contributed by atoms with Gasteiger partial charge in [0.05, 0.1) is 5.92 Å². The summed E-state index contributed by atoms with van der Waals surface area (Å²) in [6, 6.07) is 0.183. The zero-order valence-electron chi connectivity index (χ0n) is 9.69. The quantitative estimate of drug-likeness (QED) is 0.791. The molecule has 1 amide bonds. The molecular formula is C12H19NO3. The van der Waals surface area contributed by atoms with E-state index in [1.165, 1.54) is 0 Å². The summed E-state index contributed by atoms with van der Waals surface area (Å²) in [5.41, 5.74) is 0. The van der Waals surface area contributed by atoms with Crippen LogP contribution in [0.5, 0.6) is 0 Å². The Hall–Kier alpha value is -1.06. The summed E-state index contributed by atoms with van der Waals surface area (Å²) in [7, 11) is 0. The number of rotatable bonds is 4. The standard InChI is InChI=1S/C12H19NO3/c1-2-3-4-11(14)13-8-5-6-10(13)9(7-8)12(15)16/h8-10H,2-7H2,1H3,(H,15,16). The maximum Gasteiger partial charge on any atom is 0.308 e. The third kappa shape index (κ3) is 1.81. The van der Waals surface area contributed by atoms with E-state index >= 15 is 0 Å². The van der Waals surface area contributed by atoms with Crippen molar-refractivity contribution < 1.29 is 14.7 Å². The molecule has 3 atom stereocenters. The molecule has 0 aromatic heterocycles. The van der Waals surface area contributed by atoms with Crippen LogP contribution in [0.3, 0.4) is 0 Å². The lowest BCUT2D eigenvalue weighted by atomic mass is 9.89. The largest absolute Gasteiger partial charge is 0.481 e. The molecule has 90 valence electrons. The van der Waals surface area contributed by atoms with Crippen LogP contribution in [0.15, 0.2) is 0 Å². The van der Waals surface area contributed by atoms with Gasteiger partial charge in [0, 0.05) is 18.5 Å². The van der Waals surface area contributed by atoms with Gasteiger partial charge in [-0.25, -0.2) is 0 Å². The van der Waals surface area contributed by atoms with Crippen LogP contribution in [0.4, 0.5) is 0 Å². The zero-order valence-corrected chi connectivity index (χ0v) is 9.69. The van der Waals surface area contributed by atoms with Crippen molar-refractivity contribution in [3.8, 4) is 0 Å². The summed E-state index contributed by atoms with van der Waals surface area (Å²) in [5, 5.41) is 9.07. The number of carboxylic acids is 1. The predicted molar refractivity (Wildman–Crippen MR) is 58.9 cm³/mol. The van der Waals surface area contributed by atoms with Gasteiger partial charge in [-0.2, -0.15) is 0 Å². The molecule has 2 heterocycles. The van der Waals surface area contributed by atoms with E-state index in [2.05, 4.69) is 6.92 Å². The number of amides is 1. The molecule has 4 nitrogen and oxygen atoms in total. The molecule has 0 aliphatic carbocycles. The number of carboxylic acid groups (broad SMARTS) is 1. The van der Waals surface area contributed by atoms with Gasteiger partial charge in [-0.15, -0.1) is 0 Å². The number of hydrogen-bond donors (Lipinski definition) is 1. The van der Waals surface area contributed by atoms with Crippen molar-refractivity contribution in [2.45, 2.75) is 57.5 Å². The summed E-state index contributed by atoms with van der Waals surface area (Å²) in [5.74, 6) is -0.886. The Morgan fingerprint density at radius 3 is 2.69 bits per heavy atom. The highest BCUT2D eigenvalue weighted by Gasteiger charge is 2.50. The van der Waals surface area contributed by atoms with Crippen molar-refractivity contribution >= 4 is 11.9 Å². The Kier molecular flexibility index (Phi) is 3.17. The van der Waals surface area contributed by atoms with Crippen LogP contribution < -0.4 is 0 Å². The normalized spacial score (nSPS) is 32.1. The molecule has 2 aliphatic heterocycles. The smallest absolute Gasteiger partial charge is 0.308 e. The molecule has 3 unspecified atom stereocenters. The van der Waals surface area contributed by atoms with E-state index < -0.39 is 5.97 Å². The fourth-order valence-corrected chi connectivity index (χ4v) is 3.10. The first kappa shape index (κ1) is 11.4. The average molecular weight is 225 g/mol. The Labute approximate surface area is 95.6 Å². The lowest BCUT2D eigenvalue weighted by Gasteiger charge is -2.23. The number of carbonyl (C=O) groups is 2. The summed E-state index contributed by atoms with van der Waals surface area (Å²) in [6.07, 6.45) is 5.03. The molecule has 4 heteroatoms. The van der Waals surface area contributed by atoms with Crippen molar-refractivity contribution in [1.82, 2.24) is 4.90 Å². The molecule has 0 aromatic rings. The van der Waals surface area contributed by atoms with Crippen LogP contribution in [-0.2, 0) is 9.59 Å². The second-order valence-corrected chi connectivity index (χ2v) is 4.88. The maximum atomic E-state index is 12.0. The van der Waals surface area contributed by atoms with Crippen molar-refractivity contribution in [2.24, 2.45) is 5.92 Å². The van der Waals surface area contributed by atoms with E-state index in [9.17, 15) is 9.59 Å². The summed E-state index contributed by atoms with van der Waals surface area (Å²) in [4.78, 5) is 24.9. The van der Waals surface area contributed by atoms with Crippen LogP contribution in [0.1, 0.15) is 45.4 Å².